The number of allylic oxidation sites excluding steroid dienone is 2. The zero-order valence-corrected chi connectivity index (χ0v) is 19.3. The third kappa shape index (κ3) is 5.58. The standard InChI is InChI=1S/C29H37Cl/c1-2-3-4-5-22-6-8-23(9-7-22)24-10-12-25(13-11-24)26-14-16-27(17-15-26)28-18-20-29(30)21-19-28/h2-3,14-25H,4-13H2,1H3. The monoisotopic (exact) mass is 420 g/mol. The molecule has 2 aliphatic rings. The van der Waals surface area contributed by atoms with E-state index < -0.39 is 0 Å². The van der Waals surface area contributed by atoms with E-state index in [0.29, 0.717) is 0 Å². The Balaban J connectivity index is 1.25. The minimum absolute atomic E-state index is 0.762. The van der Waals surface area contributed by atoms with Crippen molar-refractivity contribution in [2.75, 3.05) is 0 Å². The van der Waals surface area contributed by atoms with Crippen LogP contribution >= 0.6 is 11.6 Å². The molecule has 0 amide bonds. The molecule has 0 spiro atoms. The maximum Gasteiger partial charge on any atom is 0.0406 e. The molecule has 0 unspecified atom stereocenters. The Morgan fingerprint density at radius 1 is 0.733 bits per heavy atom. The lowest BCUT2D eigenvalue weighted by molar-refractivity contribution is 0.157. The van der Waals surface area contributed by atoms with Gasteiger partial charge in [0.05, 0.1) is 0 Å². The van der Waals surface area contributed by atoms with E-state index in [9.17, 15) is 0 Å². The molecule has 0 bridgehead atoms. The maximum atomic E-state index is 6.02. The Labute approximate surface area is 188 Å². The zero-order valence-electron chi connectivity index (χ0n) is 18.5. The Morgan fingerprint density at radius 3 is 1.83 bits per heavy atom. The summed E-state index contributed by atoms with van der Waals surface area (Å²) in [6, 6.07) is 17.5. The highest BCUT2D eigenvalue weighted by molar-refractivity contribution is 6.30. The topological polar surface area (TPSA) is 0 Å². The molecule has 0 aromatic heterocycles. The SMILES string of the molecule is CC=CCCC1CCC(C2CCC(c3ccc(-c4ccc(Cl)cc4)cc3)CC2)CC1. The third-order valence-corrected chi connectivity index (χ3v) is 8.12. The minimum atomic E-state index is 0.762. The molecule has 2 aliphatic carbocycles. The predicted molar refractivity (Wildman–Crippen MR) is 131 cm³/mol. The van der Waals surface area contributed by atoms with E-state index in [4.69, 9.17) is 11.6 Å². The van der Waals surface area contributed by atoms with E-state index in [1.54, 1.807) is 5.56 Å². The molecule has 30 heavy (non-hydrogen) atoms. The van der Waals surface area contributed by atoms with Crippen LogP contribution < -0.4 is 0 Å². The average Bonchev–Trinajstić information content (AvgIpc) is 2.81. The molecular formula is C29H37Cl. The van der Waals surface area contributed by atoms with Gasteiger partial charge in [0, 0.05) is 5.02 Å². The molecule has 0 heterocycles. The minimum Gasteiger partial charge on any atom is -0.0917 e. The van der Waals surface area contributed by atoms with Crippen LogP contribution in [0.25, 0.3) is 11.1 Å². The second-order valence-corrected chi connectivity index (χ2v) is 10.1. The van der Waals surface area contributed by atoms with Gasteiger partial charge in [0.1, 0.15) is 0 Å². The molecule has 2 aromatic rings. The molecular weight excluding hydrogens is 384 g/mol. The molecule has 0 aliphatic heterocycles. The first-order valence-corrected chi connectivity index (χ1v) is 12.6. The van der Waals surface area contributed by atoms with Gasteiger partial charge in [0.2, 0.25) is 0 Å². The fourth-order valence-corrected chi connectivity index (χ4v) is 6.09. The van der Waals surface area contributed by atoms with Crippen molar-refractivity contribution in [1.82, 2.24) is 0 Å². The lowest BCUT2D eigenvalue weighted by Gasteiger charge is -2.38. The van der Waals surface area contributed by atoms with Crippen LogP contribution in [-0.2, 0) is 0 Å². The van der Waals surface area contributed by atoms with Crippen molar-refractivity contribution in [1.29, 1.82) is 0 Å². The van der Waals surface area contributed by atoms with Gasteiger partial charge >= 0.3 is 0 Å². The van der Waals surface area contributed by atoms with Crippen LogP contribution in [0.3, 0.4) is 0 Å². The second kappa shape index (κ2) is 10.7. The molecule has 0 N–H and O–H groups in total. The van der Waals surface area contributed by atoms with Crippen LogP contribution in [0, 0.1) is 17.8 Å². The van der Waals surface area contributed by atoms with Crippen LogP contribution in [0.4, 0.5) is 0 Å². The Hall–Kier alpha value is -1.53. The molecule has 2 aromatic carbocycles. The molecule has 0 saturated heterocycles. The van der Waals surface area contributed by atoms with Crippen molar-refractivity contribution in [2.45, 2.75) is 77.0 Å². The largest absolute Gasteiger partial charge is 0.0917 e. The average molecular weight is 421 g/mol. The molecule has 0 radical (unpaired) electrons. The summed E-state index contributed by atoms with van der Waals surface area (Å²) >= 11 is 6.02. The van der Waals surface area contributed by atoms with Gasteiger partial charge < -0.3 is 0 Å². The van der Waals surface area contributed by atoms with E-state index in [1.165, 1.54) is 75.3 Å². The smallest absolute Gasteiger partial charge is 0.0406 e. The first-order chi connectivity index (χ1) is 14.7. The first kappa shape index (κ1) is 21.7. The number of hydrogen-bond acceptors (Lipinski definition) is 0. The van der Waals surface area contributed by atoms with Gasteiger partial charge in [-0.25, -0.2) is 0 Å². The first-order valence-electron chi connectivity index (χ1n) is 12.2. The highest BCUT2D eigenvalue weighted by Gasteiger charge is 2.31. The zero-order chi connectivity index (χ0) is 20.8. The normalized spacial score (nSPS) is 27.4. The van der Waals surface area contributed by atoms with E-state index in [1.807, 2.05) is 12.1 Å². The van der Waals surface area contributed by atoms with E-state index >= 15 is 0 Å². The number of benzene rings is 2. The Kier molecular flexibility index (Phi) is 7.72. The fraction of sp³-hybridized carbons (Fsp3) is 0.517. The Morgan fingerprint density at radius 2 is 1.27 bits per heavy atom. The Bertz CT molecular complexity index is 785. The van der Waals surface area contributed by atoms with Gasteiger partial charge in [-0.05, 0) is 111 Å². The number of rotatable bonds is 6. The molecule has 160 valence electrons. The van der Waals surface area contributed by atoms with Gasteiger partial charge in [0.25, 0.3) is 0 Å². The predicted octanol–water partition coefficient (Wildman–Crippen LogP) is 9.44. The maximum absolute atomic E-state index is 6.02. The molecule has 1 heteroatoms. The summed E-state index contributed by atoms with van der Waals surface area (Å²) in [6.45, 7) is 2.14. The fourth-order valence-electron chi connectivity index (χ4n) is 5.96. The van der Waals surface area contributed by atoms with Crippen LogP contribution in [0.5, 0.6) is 0 Å². The summed E-state index contributed by atoms with van der Waals surface area (Å²) in [5, 5.41) is 0.800. The van der Waals surface area contributed by atoms with Gasteiger partial charge in [-0.15, -0.1) is 0 Å². The molecule has 2 fully saturated rings. The quantitative estimate of drug-likeness (QED) is 0.408. The van der Waals surface area contributed by atoms with Crippen molar-refractivity contribution in [3.05, 3.63) is 71.3 Å². The molecule has 0 nitrogen and oxygen atoms in total. The van der Waals surface area contributed by atoms with Crippen molar-refractivity contribution >= 4 is 11.6 Å². The van der Waals surface area contributed by atoms with Crippen molar-refractivity contribution < 1.29 is 0 Å². The second-order valence-electron chi connectivity index (χ2n) is 9.67. The lowest BCUT2D eigenvalue weighted by atomic mass is 9.68. The van der Waals surface area contributed by atoms with Gasteiger partial charge in [-0.3, -0.25) is 0 Å². The van der Waals surface area contributed by atoms with Crippen molar-refractivity contribution in [3.63, 3.8) is 0 Å². The summed E-state index contributed by atoms with van der Waals surface area (Å²) in [5.41, 5.74) is 4.07. The highest BCUT2D eigenvalue weighted by Crippen LogP contribution is 2.44. The van der Waals surface area contributed by atoms with Crippen molar-refractivity contribution in [2.24, 2.45) is 17.8 Å². The molecule has 4 rings (SSSR count). The highest BCUT2D eigenvalue weighted by atomic mass is 35.5. The van der Waals surface area contributed by atoms with Crippen LogP contribution in [0.2, 0.25) is 5.02 Å². The number of hydrogen-bond donors (Lipinski definition) is 0. The van der Waals surface area contributed by atoms with Gasteiger partial charge in [-0.2, -0.15) is 0 Å². The lowest BCUT2D eigenvalue weighted by Crippen LogP contribution is -2.25. The van der Waals surface area contributed by atoms with E-state index in [2.05, 4.69) is 55.5 Å². The van der Waals surface area contributed by atoms with Crippen LogP contribution in [0.15, 0.2) is 60.7 Å². The summed E-state index contributed by atoms with van der Waals surface area (Å²) in [4.78, 5) is 0. The van der Waals surface area contributed by atoms with E-state index in [0.717, 1.165) is 28.7 Å². The third-order valence-electron chi connectivity index (χ3n) is 7.87. The van der Waals surface area contributed by atoms with Crippen LogP contribution in [0.1, 0.15) is 82.6 Å². The molecule has 0 atom stereocenters. The molecule has 2 saturated carbocycles. The van der Waals surface area contributed by atoms with E-state index in [-0.39, 0.29) is 0 Å². The van der Waals surface area contributed by atoms with Gasteiger partial charge in [0.15, 0.2) is 0 Å². The summed E-state index contributed by atoms with van der Waals surface area (Å²) in [7, 11) is 0. The summed E-state index contributed by atoms with van der Waals surface area (Å²) < 4.78 is 0. The number of halogens is 1. The van der Waals surface area contributed by atoms with Crippen molar-refractivity contribution in [3.8, 4) is 11.1 Å². The summed E-state index contributed by atoms with van der Waals surface area (Å²) in [6.07, 6.45) is 18.8. The summed E-state index contributed by atoms with van der Waals surface area (Å²) in [5.74, 6) is 3.76. The van der Waals surface area contributed by atoms with Gasteiger partial charge in [-0.1, -0.05) is 73.0 Å². The van der Waals surface area contributed by atoms with Crippen LogP contribution in [-0.4, -0.2) is 0 Å².